The number of phenolic OH excluding ortho intramolecular Hbond substituents is 1. The molecular formula is C27H25FN4O2. The van der Waals surface area contributed by atoms with Crippen molar-refractivity contribution in [3.05, 3.63) is 59.7 Å². The van der Waals surface area contributed by atoms with Crippen molar-refractivity contribution < 1.29 is 14.6 Å². The van der Waals surface area contributed by atoms with Crippen molar-refractivity contribution >= 4 is 27.5 Å². The lowest BCUT2D eigenvalue weighted by molar-refractivity contribution is 0.145. The monoisotopic (exact) mass is 456 g/mol. The van der Waals surface area contributed by atoms with Gasteiger partial charge in [0, 0.05) is 30.5 Å². The Morgan fingerprint density at radius 1 is 1.12 bits per heavy atom. The molecule has 1 saturated heterocycles. The molecule has 0 unspecified atom stereocenters. The van der Waals surface area contributed by atoms with Crippen molar-refractivity contribution in [2.75, 3.05) is 18.0 Å². The Labute approximate surface area is 196 Å². The summed E-state index contributed by atoms with van der Waals surface area (Å²) in [5.74, 6) is 0.679. The van der Waals surface area contributed by atoms with Crippen molar-refractivity contribution in [1.82, 2.24) is 9.97 Å². The van der Waals surface area contributed by atoms with Gasteiger partial charge in [0.05, 0.1) is 12.2 Å². The molecule has 3 aromatic carbocycles. The van der Waals surface area contributed by atoms with Gasteiger partial charge < -0.3 is 15.1 Å². The molecule has 1 aromatic heterocycles. The minimum atomic E-state index is -0.481. The van der Waals surface area contributed by atoms with Crippen LogP contribution in [-0.2, 0) is 6.42 Å². The lowest BCUT2D eigenvalue weighted by Crippen LogP contribution is -2.36. The van der Waals surface area contributed by atoms with Crippen LogP contribution in [0.25, 0.3) is 32.8 Å². The predicted octanol–water partition coefficient (Wildman–Crippen LogP) is 5.02. The fourth-order valence-electron chi connectivity index (χ4n) is 4.87. The highest BCUT2D eigenvalue weighted by Gasteiger charge is 2.25. The molecule has 34 heavy (non-hydrogen) atoms. The Morgan fingerprint density at radius 3 is 2.65 bits per heavy atom. The molecule has 0 bridgehead atoms. The number of aromatic hydroxyl groups is 1. The molecule has 1 fully saturated rings. The first kappa shape index (κ1) is 22.1. The highest BCUT2D eigenvalue weighted by Crippen LogP contribution is 2.40. The summed E-state index contributed by atoms with van der Waals surface area (Å²) in [6, 6.07) is 14.8. The van der Waals surface area contributed by atoms with Gasteiger partial charge in [-0.1, -0.05) is 24.3 Å². The highest BCUT2D eigenvalue weighted by atomic mass is 19.1. The van der Waals surface area contributed by atoms with Gasteiger partial charge in [-0.05, 0) is 66.3 Å². The molecule has 2 N–H and O–H groups in total. The first-order valence-corrected chi connectivity index (χ1v) is 11.5. The van der Waals surface area contributed by atoms with Gasteiger partial charge >= 0.3 is 0 Å². The van der Waals surface area contributed by atoms with E-state index in [2.05, 4.69) is 20.9 Å². The van der Waals surface area contributed by atoms with E-state index in [9.17, 15) is 15.5 Å². The average molecular weight is 457 g/mol. The van der Waals surface area contributed by atoms with E-state index in [1.165, 1.54) is 0 Å². The summed E-state index contributed by atoms with van der Waals surface area (Å²) < 4.78 is 16.4. The second kappa shape index (κ2) is 8.88. The summed E-state index contributed by atoms with van der Waals surface area (Å²) in [6.07, 6.45) is 1.50. The van der Waals surface area contributed by atoms with Crippen LogP contribution in [0.2, 0.25) is 0 Å². The van der Waals surface area contributed by atoms with E-state index < -0.39 is 5.82 Å². The molecule has 6 nitrogen and oxygen atoms in total. The average Bonchev–Trinajstić information content (AvgIpc) is 2.83. The Balaban J connectivity index is 1.80. The zero-order valence-corrected chi connectivity index (χ0v) is 18.9. The molecule has 2 heterocycles. The highest BCUT2D eigenvalue weighted by molar-refractivity contribution is 6.02. The lowest BCUT2D eigenvalue weighted by Gasteiger charge is -2.31. The lowest BCUT2D eigenvalue weighted by atomic mass is 9.90. The van der Waals surface area contributed by atoms with Crippen LogP contribution in [-0.4, -0.2) is 39.4 Å². The quantitative estimate of drug-likeness (QED) is 0.448. The molecule has 0 radical (unpaired) electrons. The molecule has 0 amide bonds. The Hall–Kier alpha value is -3.76. The van der Waals surface area contributed by atoms with E-state index >= 15 is 4.39 Å². The predicted molar refractivity (Wildman–Crippen MR) is 130 cm³/mol. The summed E-state index contributed by atoms with van der Waals surface area (Å²) in [5, 5.41) is 31.8. The molecule has 0 saturated carbocycles. The molecule has 172 valence electrons. The number of aliphatic hydroxyl groups excluding tert-OH is 1. The van der Waals surface area contributed by atoms with E-state index in [-0.39, 0.29) is 23.8 Å². The van der Waals surface area contributed by atoms with Crippen molar-refractivity contribution in [2.24, 2.45) is 0 Å². The van der Waals surface area contributed by atoms with Gasteiger partial charge in [-0.15, -0.1) is 0 Å². The van der Waals surface area contributed by atoms with Gasteiger partial charge in [0.2, 0.25) is 0 Å². The van der Waals surface area contributed by atoms with Crippen LogP contribution in [0, 0.1) is 24.1 Å². The molecule has 1 aliphatic heterocycles. The molecule has 0 atom stereocenters. The molecule has 5 rings (SSSR count). The number of aliphatic hydroxyl groups is 1. The van der Waals surface area contributed by atoms with Crippen LogP contribution in [0.4, 0.5) is 10.2 Å². The van der Waals surface area contributed by atoms with E-state index in [1.807, 2.05) is 30.3 Å². The summed E-state index contributed by atoms with van der Waals surface area (Å²) in [6.45, 7) is 3.00. The van der Waals surface area contributed by atoms with Crippen LogP contribution >= 0.6 is 0 Å². The molecule has 1 aliphatic rings. The van der Waals surface area contributed by atoms with Gasteiger partial charge in [-0.2, -0.15) is 5.26 Å². The fourth-order valence-corrected chi connectivity index (χ4v) is 4.87. The second-order valence-corrected chi connectivity index (χ2v) is 8.81. The number of hydrogen-bond donors (Lipinski definition) is 2. The SMILES string of the molecule is Cc1nc(N2CCC(O)CC2)c2cc(CCC#N)c(-c3cc(O)cc4ccccc34)c(F)c2n1. The number of benzene rings is 3. The number of piperidine rings is 1. The van der Waals surface area contributed by atoms with Crippen LogP contribution < -0.4 is 4.90 Å². The first-order valence-electron chi connectivity index (χ1n) is 11.5. The topological polar surface area (TPSA) is 93.3 Å². The molecule has 0 spiro atoms. The smallest absolute Gasteiger partial charge is 0.157 e. The van der Waals surface area contributed by atoms with Crippen LogP contribution in [0.5, 0.6) is 5.75 Å². The Bertz CT molecular complexity index is 1440. The fraction of sp³-hybridized carbons (Fsp3) is 0.296. The van der Waals surface area contributed by atoms with Crippen LogP contribution in [0.1, 0.15) is 30.7 Å². The van der Waals surface area contributed by atoms with Crippen molar-refractivity contribution in [1.29, 1.82) is 5.26 Å². The Kier molecular flexibility index (Phi) is 5.76. The second-order valence-electron chi connectivity index (χ2n) is 8.81. The maximum Gasteiger partial charge on any atom is 0.157 e. The number of hydrogen-bond acceptors (Lipinski definition) is 6. The summed E-state index contributed by atoms with van der Waals surface area (Å²) in [5.41, 5.74) is 1.82. The minimum absolute atomic E-state index is 0.0471. The van der Waals surface area contributed by atoms with Gasteiger partial charge in [0.1, 0.15) is 22.9 Å². The van der Waals surface area contributed by atoms with Crippen molar-refractivity contribution in [3.8, 4) is 22.9 Å². The van der Waals surface area contributed by atoms with Gasteiger partial charge in [-0.25, -0.2) is 14.4 Å². The summed E-state index contributed by atoms with van der Waals surface area (Å²) >= 11 is 0. The molecule has 0 aliphatic carbocycles. The third-order valence-electron chi connectivity index (χ3n) is 6.49. The van der Waals surface area contributed by atoms with E-state index in [1.54, 1.807) is 19.1 Å². The van der Waals surface area contributed by atoms with Crippen molar-refractivity contribution in [2.45, 2.75) is 38.7 Å². The van der Waals surface area contributed by atoms with Gasteiger partial charge in [0.15, 0.2) is 5.82 Å². The number of nitrogens with zero attached hydrogens (tertiary/aromatic N) is 4. The zero-order chi connectivity index (χ0) is 23.8. The largest absolute Gasteiger partial charge is 0.508 e. The first-order chi connectivity index (χ1) is 16.5. The maximum absolute atomic E-state index is 16.4. The number of rotatable bonds is 4. The number of fused-ring (bicyclic) bond motifs is 2. The number of aromatic nitrogens is 2. The normalized spacial score (nSPS) is 14.6. The van der Waals surface area contributed by atoms with Gasteiger partial charge in [-0.3, -0.25) is 0 Å². The number of phenols is 1. The van der Waals surface area contributed by atoms with E-state index in [4.69, 9.17) is 0 Å². The van der Waals surface area contributed by atoms with E-state index in [0.717, 1.165) is 10.8 Å². The van der Waals surface area contributed by atoms with Gasteiger partial charge in [0.25, 0.3) is 0 Å². The number of aryl methyl sites for hydroxylation is 2. The molecular weight excluding hydrogens is 431 g/mol. The Morgan fingerprint density at radius 2 is 1.88 bits per heavy atom. The van der Waals surface area contributed by atoms with Crippen LogP contribution in [0.3, 0.4) is 0 Å². The summed E-state index contributed by atoms with van der Waals surface area (Å²) in [4.78, 5) is 11.2. The molecule has 4 aromatic rings. The maximum atomic E-state index is 16.4. The zero-order valence-electron chi connectivity index (χ0n) is 18.9. The van der Waals surface area contributed by atoms with E-state index in [0.29, 0.717) is 66.1 Å². The third-order valence-corrected chi connectivity index (χ3v) is 6.49. The molecule has 7 heteroatoms. The number of halogens is 1. The standard InChI is InChI=1S/C27H25FN4O2/c1-16-30-26-23(27(31-16)32-11-8-19(33)9-12-32)14-18(6-4-10-29)24(25(26)28)22-15-20(34)13-17-5-2-3-7-21(17)22/h2-3,5,7,13-15,19,33-34H,4,6,8-9,11-12H2,1H3. The third kappa shape index (κ3) is 3.91. The number of anilines is 1. The van der Waals surface area contributed by atoms with Crippen LogP contribution in [0.15, 0.2) is 42.5 Å². The minimum Gasteiger partial charge on any atom is -0.508 e. The number of nitriles is 1. The summed E-state index contributed by atoms with van der Waals surface area (Å²) in [7, 11) is 0. The van der Waals surface area contributed by atoms with Crippen molar-refractivity contribution in [3.63, 3.8) is 0 Å².